The van der Waals surface area contributed by atoms with E-state index in [9.17, 15) is 8.42 Å². The van der Waals surface area contributed by atoms with Crippen molar-refractivity contribution >= 4 is 15.8 Å². The molecule has 1 heterocycles. The number of rotatable bonds is 10. The van der Waals surface area contributed by atoms with Crippen LogP contribution in [-0.4, -0.2) is 45.3 Å². The predicted octanol–water partition coefficient (Wildman–Crippen LogP) is 2.57. The molecular formula is C22H30N4O3S. The molecule has 2 N–H and O–H groups in total. The summed E-state index contributed by atoms with van der Waals surface area (Å²) in [5, 5.41) is 6.54. The van der Waals surface area contributed by atoms with Gasteiger partial charge in [-0.1, -0.05) is 18.2 Å². The van der Waals surface area contributed by atoms with Crippen LogP contribution < -0.4 is 15.4 Å². The van der Waals surface area contributed by atoms with Crippen molar-refractivity contribution in [1.29, 1.82) is 0 Å². The molecule has 30 heavy (non-hydrogen) atoms. The number of ether oxygens (including phenoxy) is 1. The normalized spacial score (nSPS) is 14.4. The first kappa shape index (κ1) is 22.1. The summed E-state index contributed by atoms with van der Waals surface area (Å²) >= 11 is 0. The highest BCUT2D eigenvalue weighted by molar-refractivity contribution is 7.90. The molecule has 0 atom stereocenters. The Kier molecular flexibility index (Phi) is 7.68. The van der Waals surface area contributed by atoms with Crippen LogP contribution in [0.4, 0.5) is 0 Å². The van der Waals surface area contributed by atoms with Crippen molar-refractivity contribution in [1.82, 2.24) is 15.6 Å². The third kappa shape index (κ3) is 7.33. The first-order chi connectivity index (χ1) is 14.4. The van der Waals surface area contributed by atoms with Gasteiger partial charge in [0.1, 0.15) is 0 Å². The van der Waals surface area contributed by atoms with Gasteiger partial charge in [-0.15, -0.1) is 0 Å². The molecule has 162 valence electrons. The largest absolute Gasteiger partial charge is 0.477 e. The molecule has 0 aliphatic heterocycles. The lowest BCUT2D eigenvalue weighted by molar-refractivity contribution is 0.288. The van der Waals surface area contributed by atoms with Crippen molar-refractivity contribution in [3.63, 3.8) is 0 Å². The molecule has 1 saturated carbocycles. The van der Waals surface area contributed by atoms with E-state index in [1.54, 1.807) is 18.3 Å². The van der Waals surface area contributed by atoms with E-state index >= 15 is 0 Å². The van der Waals surface area contributed by atoms with Crippen molar-refractivity contribution in [2.45, 2.75) is 37.6 Å². The number of sulfone groups is 1. The molecule has 0 spiro atoms. The first-order valence-corrected chi connectivity index (χ1v) is 12.2. The molecule has 3 rings (SSSR count). The van der Waals surface area contributed by atoms with E-state index in [0.29, 0.717) is 29.8 Å². The fraction of sp³-hybridized carbons (Fsp3) is 0.455. The molecule has 1 fully saturated rings. The molecule has 1 aromatic heterocycles. The fourth-order valence-electron chi connectivity index (χ4n) is 2.82. The summed E-state index contributed by atoms with van der Waals surface area (Å²) < 4.78 is 28.7. The van der Waals surface area contributed by atoms with E-state index in [4.69, 9.17) is 4.74 Å². The summed E-state index contributed by atoms with van der Waals surface area (Å²) in [6, 6.07) is 10.9. The maximum atomic E-state index is 11.5. The number of nitrogens with zero attached hydrogens (tertiary/aromatic N) is 2. The third-order valence-corrected chi connectivity index (χ3v) is 5.91. The molecule has 0 unspecified atom stereocenters. The van der Waals surface area contributed by atoms with Crippen molar-refractivity contribution in [2.75, 3.05) is 26.0 Å². The number of guanidine groups is 1. The van der Waals surface area contributed by atoms with E-state index in [2.05, 4.69) is 20.6 Å². The van der Waals surface area contributed by atoms with Crippen LogP contribution in [-0.2, 0) is 22.8 Å². The minimum Gasteiger partial charge on any atom is -0.477 e. The number of aromatic nitrogens is 1. The third-order valence-electron chi connectivity index (χ3n) is 4.78. The highest BCUT2D eigenvalue weighted by Crippen LogP contribution is 2.29. The summed E-state index contributed by atoms with van der Waals surface area (Å²) in [7, 11) is -3.16. The Morgan fingerprint density at radius 3 is 2.47 bits per heavy atom. The van der Waals surface area contributed by atoms with Gasteiger partial charge in [-0.2, -0.15) is 0 Å². The second-order valence-electron chi connectivity index (χ2n) is 7.55. The van der Waals surface area contributed by atoms with Crippen LogP contribution in [0.3, 0.4) is 0 Å². The van der Waals surface area contributed by atoms with Crippen molar-refractivity contribution in [3.05, 3.63) is 53.7 Å². The van der Waals surface area contributed by atoms with Gasteiger partial charge in [0.15, 0.2) is 15.8 Å². The summed E-state index contributed by atoms with van der Waals surface area (Å²) in [6.45, 7) is 4.76. The smallest absolute Gasteiger partial charge is 0.213 e. The van der Waals surface area contributed by atoms with Crippen molar-refractivity contribution < 1.29 is 13.2 Å². The van der Waals surface area contributed by atoms with Gasteiger partial charge < -0.3 is 15.4 Å². The Morgan fingerprint density at radius 1 is 1.13 bits per heavy atom. The maximum absolute atomic E-state index is 11.5. The van der Waals surface area contributed by atoms with Crippen LogP contribution in [0.15, 0.2) is 52.5 Å². The average molecular weight is 431 g/mol. The van der Waals surface area contributed by atoms with Gasteiger partial charge in [0.25, 0.3) is 0 Å². The molecule has 2 aromatic rings. The van der Waals surface area contributed by atoms with Gasteiger partial charge in [0, 0.05) is 31.6 Å². The molecule has 7 nitrogen and oxygen atoms in total. The molecule has 1 aliphatic rings. The minimum absolute atomic E-state index is 0.340. The molecule has 0 radical (unpaired) electrons. The van der Waals surface area contributed by atoms with Crippen molar-refractivity contribution in [3.8, 4) is 5.88 Å². The monoisotopic (exact) mass is 430 g/mol. The lowest BCUT2D eigenvalue weighted by Crippen LogP contribution is -2.38. The van der Waals surface area contributed by atoms with Crippen LogP contribution in [0, 0.1) is 5.92 Å². The van der Waals surface area contributed by atoms with Crippen LogP contribution >= 0.6 is 0 Å². The van der Waals surface area contributed by atoms with Gasteiger partial charge in [-0.3, -0.25) is 0 Å². The highest BCUT2D eigenvalue weighted by Gasteiger charge is 2.22. The predicted molar refractivity (Wildman–Crippen MR) is 119 cm³/mol. The first-order valence-electron chi connectivity index (χ1n) is 10.3. The Morgan fingerprint density at radius 2 is 1.87 bits per heavy atom. The quantitative estimate of drug-likeness (QED) is 0.445. The molecule has 0 amide bonds. The zero-order chi connectivity index (χ0) is 21.4. The van der Waals surface area contributed by atoms with E-state index in [1.165, 1.54) is 19.1 Å². The number of benzene rings is 1. The molecule has 0 saturated heterocycles. The molecular weight excluding hydrogens is 400 g/mol. The second-order valence-corrected chi connectivity index (χ2v) is 9.56. The van der Waals surface area contributed by atoms with E-state index < -0.39 is 9.84 Å². The van der Waals surface area contributed by atoms with Crippen LogP contribution in [0.25, 0.3) is 0 Å². The minimum atomic E-state index is -3.16. The molecule has 0 bridgehead atoms. The molecule has 8 heteroatoms. The summed E-state index contributed by atoms with van der Waals surface area (Å²) in [6.07, 6.45) is 6.31. The number of hydrogen-bond donors (Lipinski definition) is 2. The topological polar surface area (TPSA) is 92.7 Å². The Labute approximate surface area is 178 Å². The van der Waals surface area contributed by atoms with Gasteiger partial charge >= 0.3 is 0 Å². The Bertz CT molecular complexity index is 937. The number of hydrogen-bond acceptors (Lipinski definition) is 5. The van der Waals surface area contributed by atoms with E-state index in [1.807, 2.05) is 31.2 Å². The lowest BCUT2D eigenvalue weighted by atomic mass is 10.1. The number of nitrogens with one attached hydrogen (secondary N) is 2. The van der Waals surface area contributed by atoms with Gasteiger partial charge in [-0.05, 0) is 55.4 Å². The van der Waals surface area contributed by atoms with Crippen LogP contribution in [0.1, 0.15) is 30.9 Å². The lowest BCUT2D eigenvalue weighted by Gasteiger charge is -2.11. The zero-order valence-electron chi connectivity index (χ0n) is 17.6. The number of aliphatic imine (C=N–C) groups is 1. The maximum Gasteiger partial charge on any atom is 0.213 e. The average Bonchev–Trinajstić information content (AvgIpc) is 3.55. The fourth-order valence-corrected chi connectivity index (χ4v) is 3.45. The molecule has 1 aliphatic carbocycles. The van der Waals surface area contributed by atoms with Gasteiger partial charge in [0.05, 0.1) is 18.0 Å². The van der Waals surface area contributed by atoms with Gasteiger partial charge in [-0.25, -0.2) is 18.4 Å². The van der Waals surface area contributed by atoms with E-state index in [0.717, 1.165) is 36.7 Å². The highest BCUT2D eigenvalue weighted by atomic mass is 32.2. The van der Waals surface area contributed by atoms with Crippen molar-refractivity contribution in [2.24, 2.45) is 10.9 Å². The van der Waals surface area contributed by atoms with E-state index in [-0.39, 0.29) is 0 Å². The molecule has 1 aromatic carbocycles. The van der Waals surface area contributed by atoms with Gasteiger partial charge in [0.2, 0.25) is 5.88 Å². The number of pyridine rings is 1. The summed E-state index contributed by atoms with van der Waals surface area (Å²) in [4.78, 5) is 9.30. The Balaban J connectivity index is 1.47. The standard InChI is InChI=1S/C22H30N4O3S/c1-3-23-22(24-13-12-17-6-9-20(10-7-17)30(2,27)28)26-15-19-8-11-21(25-14-19)29-16-18-4-5-18/h6-11,14,18H,3-5,12-13,15-16H2,1-2H3,(H2,23,24,26). The summed E-state index contributed by atoms with van der Waals surface area (Å²) in [5.41, 5.74) is 2.08. The zero-order valence-corrected chi connectivity index (χ0v) is 18.4. The van der Waals surface area contributed by atoms with Crippen LogP contribution in [0.5, 0.6) is 5.88 Å². The summed E-state index contributed by atoms with van der Waals surface area (Å²) in [5.74, 6) is 2.11. The Hall–Kier alpha value is -2.61. The second kappa shape index (κ2) is 10.4. The van der Waals surface area contributed by atoms with Crippen LogP contribution in [0.2, 0.25) is 0 Å². The SMILES string of the molecule is CCNC(=NCc1ccc(OCC2CC2)nc1)NCCc1ccc(S(C)(=O)=O)cc1.